The van der Waals surface area contributed by atoms with E-state index in [4.69, 9.17) is 20.4 Å². The van der Waals surface area contributed by atoms with E-state index in [0.29, 0.717) is 29.1 Å². The van der Waals surface area contributed by atoms with Gasteiger partial charge in [-0.3, -0.25) is 14.3 Å². The first kappa shape index (κ1) is 21.4. The summed E-state index contributed by atoms with van der Waals surface area (Å²) in [4.78, 5) is 25.3. The van der Waals surface area contributed by atoms with E-state index in [0.717, 1.165) is 60.7 Å². The quantitative estimate of drug-likeness (QED) is 0.491. The monoisotopic (exact) mass is 444 g/mol. The molecule has 0 saturated carbocycles. The number of nitrogen functional groups attached to an aromatic ring is 1. The summed E-state index contributed by atoms with van der Waals surface area (Å²) in [6, 6.07) is 13.7. The van der Waals surface area contributed by atoms with Gasteiger partial charge in [-0.25, -0.2) is 9.97 Å². The Morgan fingerprint density at radius 3 is 2.55 bits per heavy atom. The molecule has 1 aliphatic rings. The molecule has 170 valence electrons. The highest BCUT2D eigenvalue weighted by Gasteiger charge is 2.25. The lowest BCUT2D eigenvalue weighted by atomic mass is 10.1. The molecule has 2 aromatic heterocycles. The zero-order valence-corrected chi connectivity index (χ0v) is 19.0. The number of amides is 1. The van der Waals surface area contributed by atoms with Crippen LogP contribution in [0.15, 0.2) is 42.5 Å². The summed E-state index contributed by atoms with van der Waals surface area (Å²) in [7, 11) is 0. The van der Waals surface area contributed by atoms with Crippen molar-refractivity contribution >= 4 is 33.9 Å². The largest absolute Gasteiger partial charge is 0.384 e. The van der Waals surface area contributed by atoms with Crippen LogP contribution in [-0.2, 0) is 4.74 Å². The molecule has 0 bridgehead atoms. The normalized spacial score (nSPS) is 14.7. The lowest BCUT2D eigenvalue weighted by Gasteiger charge is -2.26. The Balaban J connectivity index is 1.58. The van der Waals surface area contributed by atoms with Crippen molar-refractivity contribution in [3.63, 3.8) is 0 Å². The summed E-state index contributed by atoms with van der Waals surface area (Å²) in [5.74, 6) is 0.109. The molecule has 1 aliphatic heterocycles. The molecule has 0 spiro atoms. The van der Waals surface area contributed by atoms with Gasteiger partial charge in [-0.15, -0.1) is 0 Å². The Bertz CT molecular complexity index is 1340. The second-order valence-corrected chi connectivity index (χ2v) is 8.41. The highest BCUT2D eigenvalue weighted by Crippen LogP contribution is 2.32. The van der Waals surface area contributed by atoms with Crippen LogP contribution in [0.3, 0.4) is 0 Å². The summed E-state index contributed by atoms with van der Waals surface area (Å²) in [6.45, 7) is 8.60. The van der Waals surface area contributed by atoms with Crippen molar-refractivity contribution in [2.45, 2.75) is 13.8 Å². The third kappa shape index (κ3) is 3.92. The number of aromatic nitrogens is 3. The van der Waals surface area contributed by atoms with Crippen LogP contribution in [0.1, 0.15) is 21.5 Å². The molecule has 1 fully saturated rings. The minimum Gasteiger partial charge on any atom is -0.384 e. The van der Waals surface area contributed by atoms with E-state index in [1.165, 1.54) is 0 Å². The minimum atomic E-state index is -0.237. The zero-order chi connectivity index (χ0) is 22.9. The number of nitrogens with zero attached hydrogens (tertiary/aromatic N) is 4. The van der Waals surface area contributed by atoms with Crippen molar-refractivity contribution in [2.24, 2.45) is 0 Å². The van der Waals surface area contributed by atoms with Crippen LogP contribution in [0.4, 0.5) is 5.82 Å². The highest BCUT2D eigenvalue weighted by molar-refractivity contribution is 6.11. The molecule has 4 aromatic rings. The topological polar surface area (TPSA) is 98.3 Å². The summed E-state index contributed by atoms with van der Waals surface area (Å²) >= 11 is 0. The van der Waals surface area contributed by atoms with E-state index in [9.17, 15) is 4.79 Å². The van der Waals surface area contributed by atoms with Gasteiger partial charge in [-0.05, 0) is 43.2 Å². The van der Waals surface area contributed by atoms with E-state index in [-0.39, 0.29) is 5.91 Å². The smallest absolute Gasteiger partial charge is 0.257 e. The molecule has 33 heavy (non-hydrogen) atoms. The number of carbonyl (C=O) groups is 1. The van der Waals surface area contributed by atoms with Gasteiger partial charge in [0.05, 0.1) is 29.9 Å². The number of morpholine rings is 1. The van der Waals surface area contributed by atoms with Crippen molar-refractivity contribution < 1.29 is 9.53 Å². The minimum absolute atomic E-state index is 0.237. The highest BCUT2D eigenvalue weighted by atomic mass is 16.5. The fourth-order valence-corrected chi connectivity index (χ4v) is 4.35. The fourth-order valence-electron chi connectivity index (χ4n) is 4.35. The lowest BCUT2D eigenvalue weighted by molar-refractivity contribution is 0.0383. The number of anilines is 1. The third-order valence-corrected chi connectivity index (χ3v) is 6.36. The van der Waals surface area contributed by atoms with Gasteiger partial charge in [-0.2, -0.15) is 0 Å². The van der Waals surface area contributed by atoms with Crippen molar-refractivity contribution in [1.82, 2.24) is 24.8 Å². The second-order valence-electron chi connectivity index (χ2n) is 8.41. The number of ether oxygens (including phenoxy) is 1. The van der Waals surface area contributed by atoms with Crippen LogP contribution >= 0.6 is 0 Å². The Hall–Kier alpha value is -3.49. The first-order chi connectivity index (χ1) is 16.0. The molecular weight excluding hydrogens is 416 g/mol. The molecule has 3 heterocycles. The van der Waals surface area contributed by atoms with E-state index in [1.54, 1.807) is 0 Å². The van der Waals surface area contributed by atoms with Gasteiger partial charge in [0.2, 0.25) is 0 Å². The number of rotatable bonds is 5. The summed E-state index contributed by atoms with van der Waals surface area (Å²) in [5, 5.41) is 3.04. The molecule has 0 aliphatic carbocycles. The maximum atomic E-state index is 13.3. The van der Waals surface area contributed by atoms with Gasteiger partial charge in [0.1, 0.15) is 16.9 Å². The summed E-state index contributed by atoms with van der Waals surface area (Å²) < 4.78 is 7.25. The Kier molecular flexibility index (Phi) is 5.70. The van der Waals surface area contributed by atoms with E-state index < -0.39 is 0 Å². The molecule has 0 radical (unpaired) electrons. The Morgan fingerprint density at radius 1 is 1.06 bits per heavy atom. The SMILES string of the molecule is Cc1cccc(-n2c(N)c(C(=O)NCCN3CCOCC3)c3nc4ccccc4nc32)c1C. The Morgan fingerprint density at radius 2 is 1.79 bits per heavy atom. The number of hydrogen-bond donors (Lipinski definition) is 2. The molecule has 1 amide bonds. The van der Waals surface area contributed by atoms with Crippen molar-refractivity contribution in [3.05, 3.63) is 59.2 Å². The van der Waals surface area contributed by atoms with E-state index >= 15 is 0 Å². The van der Waals surface area contributed by atoms with Gasteiger partial charge in [0, 0.05) is 26.2 Å². The number of aryl methyl sites for hydroxylation is 1. The van der Waals surface area contributed by atoms with Gasteiger partial charge < -0.3 is 15.8 Å². The average Bonchev–Trinajstić information content (AvgIpc) is 3.10. The fraction of sp³-hybridized carbons (Fsp3) is 0.320. The molecule has 3 N–H and O–H groups in total. The first-order valence-corrected chi connectivity index (χ1v) is 11.3. The van der Waals surface area contributed by atoms with E-state index in [1.807, 2.05) is 47.9 Å². The third-order valence-electron chi connectivity index (χ3n) is 6.36. The Labute approximate surface area is 192 Å². The van der Waals surface area contributed by atoms with Gasteiger partial charge in [-0.1, -0.05) is 24.3 Å². The number of para-hydroxylation sites is 2. The van der Waals surface area contributed by atoms with Gasteiger partial charge >= 0.3 is 0 Å². The molecule has 2 aromatic carbocycles. The van der Waals surface area contributed by atoms with Crippen LogP contribution in [0.2, 0.25) is 0 Å². The molecule has 0 atom stereocenters. The predicted molar refractivity (Wildman–Crippen MR) is 130 cm³/mol. The number of nitrogens with one attached hydrogen (secondary N) is 1. The summed E-state index contributed by atoms with van der Waals surface area (Å²) in [5.41, 5.74) is 12.7. The first-order valence-electron chi connectivity index (χ1n) is 11.3. The van der Waals surface area contributed by atoms with Crippen LogP contribution < -0.4 is 11.1 Å². The molecule has 8 nitrogen and oxygen atoms in total. The second kappa shape index (κ2) is 8.80. The standard InChI is InChI=1S/C25H28N6O2/c1-16-6-5-9-20(17(16)2)31-23(26)21(25(32)27-10-11-30-12-14-33-15-13-30)22-24(31)29-19-8-4-3-7-18(19)28-22/h3-9H,10-15,26H2,1-2H3,(H,27,32). The average molecular weight is 445 g/mol. The van der Waals surface area contributed by atoms with Crippen molar-refractivity contribution in [2.75, 3.05) is 45.1 Å². The molecule has 1 saturated heterocycles. The molecular formula is C25H28N6O2. The van der Waals surface area contributed by atoms with Crippen LogP contribution in [0, 0.1) is 13.8 Å². The van der Waals surface area contributed by atoms with Crippen molar-refractivity contribution in [3.8, 4) is 5.69 Å². The van der Waals surface area contributed by atoms with Crippen LogP contribution in [0.25, 0.3) is 27.9 Å². The van der Waals surface area contributed by atoms with E-state index in [2.05, 4.69) is 23.2 Å². The van der Waals surface area contributed by atoms with Crippen molar-refractivity contribution in [1.29, 1.82) is 0 Å². The zero-order valence-electron chi connectivity index (χ0n) is 19.0. The number of hydrogen-bond acceptors (Lipinski definition) is 6. The number of fused-ring (bicyclic) bond motifs is 2. The summed E-state index contributed by atoms with van der Waals surface area (Å²) in [6.07, 6.45) is 0. The van der Waals surface area contributed by atoms with Gasteiger partial charge in [0.25, 0.3) is 5.91 Å². The lowest BCUT2D eigenvalue weighted by Crippen LogP contribution is -2.41. The number of carbonyl (C=O) groups excluding carboxylic acids is 1. The number of benzene rings is 2. The molecule has 8 heteroatoms. The number of nitrogens with two attached hydrogens (primary N) is 1. The van der Waals surface area contributed by atoms with Crippen LogP contribution in [-0.4, -0.2) is 64.7 Å². The van der Waals surface area contributed by atoms with Gasteiger partial charge in [0.15, 0.2) is 5.65 Å². The molecule has 0 unspecified atom stereocenters. The molecule has 5 rings (SSSR count). The maximum Gasteiger partial charge on any atom is 0.257 e. The predicted octanol–water partition coefficient (Wildman–Crippen LogP) is 2.83. The maximum absolute atomic E-state index is 13.3. The van der Waals surface area contributed by atoms with Crippen LogP contribution in [0.5, 0.6) is 0 Å².